The first-order valence-electron chi connectivity index (χ1n) is 5.91. The van der Waals surface area contributed by atoms with Crippen molar-refractivity contribution in [2.24, 2.45) is 5.92 Å². The number of fused-ring (bicyclic) bond motifs is 2. The van der Waals surface area contributed by atoms with E-state index in [1.54, 1.807) is 0 Å². The lowest BCUT2D eigenvalue weighted by Gasteiger charge is -2.22. The molecule has 0 spiro atoms. The van der Waals surface area contributed by atoms with Crippen LogP contribution in [0.15, 0.2) is 24.3 Å². The molecule has 1 aliphatic carbocycles. The molecule has 1 aromatic carbocycles. The fraction of sp³-hybridized carbons (Fsp3) is 0.357. The Labute approximate surface area is 100 Å². The van der Waals surface area contributed by atoms with E-state index in [1.807, 2.05) is 38.1 Å². The zero-order chi connectivity index (χ0) is 12.2. The number of nitrogens with two attached hydrogens (primary N) is 1. The molecule has 1 heterocycles. The van der Waals surface area contributed by atoms with Crippen LogP contribution in [0.4, 0.5) is 5.69 Å². The standard InChI is InChI=1S/C14H16N2O/c1-8-7-10-12(15)9-5-3-4-6-11(9)16-13(10)14(8,2)17/h3-6,8,17H,7H2,1-2H3,(H2,15,16)/t8-,14-/m0/s1. The molecule has 1 aromatic heterocycles. The minimum Gasteiger partial charge on any atom is -0.398 e. The second kappa shape index (κ2) is 3.20. The van der Waals surface area contributed by atoms with Gasteiger partial charge in [0.05, 0.1) is 11.2 Å². The summed E-state index contributed by atoms with van der Waals surface area (Å²) in [5, 5.41) is 11.5. The van der Waals surface area contributed by atoms with Gasteiger partial charge < -0.3 is 10.8 Å². The Morgan fingerprint density at radius 1 is 1.41 bits per heavy atom. The summed E-state index contributed by atoms with van der Waals surface area (Å²) in [6.07, 6.45) is 0.798. The molecule has 0 fully saturated rings. The maximum atomic E-state index is 10.5. The summed E-state index contributed by atoms with van der Waals surface area (Å²) in [6, 6.07) is 7.82. The molecule has 0 radical (unpaired) electrons. The highest BCUT2D eigenvalue weighted by molar-refractivity contribution is 5.92. The fourth-order valence-corrected chi connectivity index (χ4v) is 2.64. The van der Waals surface area contributed by atoms with Gasteiger partial charge in [-0.2, -0.15) is 0 Å². The third kappa shape index (κ3) is 1.29. The van der Waals surface area contributed by atoms with Crippen LogP contribution in [0.25, 0.3) is 10.9 Å². The first kappa shape index (κ1) is 10.5. The van der Waals surface area contributed by atoms with Crippen LogP contribution in [0.5, 0.6) is 0 Å². The summed E-state index contributed by atoms with van der Waals surface area (Å²) in [6.45, 7) is 3.86. The Kier molecular flexibility index (Phi) is 1.98. The van der Waals surface area contributed by atoms with Crippen molar-refractivity contribution in [1.82, 2.24) is 4.98 Å². The molecule has 0 bridgehead atoms. The number of hydrogen-bond donors (Lipinski definition) is 2. The van der Waals surface area contributed by atoms with Gasteiger partial charge in [-0.3, -0.25) is 0 Å². The van der Waals surface area contributed by atoms with Gasteiger partial charge >= 0.3 is 0 Å². The van der Waals surface area contributed by atoms with Gasteiger partial charge in [-0.1, -0.05) is 25.1 Å². The average Bonchev–Trinajstić information content (AvgIpc) is 2.53. The number of anilines is 1. The SMILES string of the molecule is C[C@H]1Cc2c(nc3ccccc3c2N)[C@@]1(C)O. The molecule has 0 saturated heterocycles. The molecule has 0 saturated carbocycles. The van der Waals surface area contributed by atoms with E-state index < -0.39 is 5.60 Å². The molecular weight excluding hydrogens is 212 g/mol. The maximum absolute atomic E-state index is 10.5. The molecule has 1 aliphatic rings. The Hall–Kier alpha value is -1.61. The van der Waals surface area contributed by atoms with Crippen molar-refractivity contribution in [1.29, 1.82) is 0 Å². The lowest BCUT2D eigenvalue weighted by molar-refractivity contribution is 0.0118. The van der Waals surface area contributed by atoms with E-state index in [1.165, 1.54) is 0 Å². The summed E-state index contributed by atoms with van der Waals surface area (Å²) in [4.78, 5) is 4.59. The monoisotopic (exact) mass is 228 g/mol. The van der Waals surface area contributed by atoms with Crippen LogP contribution in [0.2, 0.25) is 0 Å². The summed E-state index contributed by atoms with van der Waals surface area (Å²) < 4.78 is 0. The van der Waals surface area contributed by atoms with E-state index in [0.717, 1.165) is 34.3 Å². The molecular formula is C14H16N2O. The van der Waals surface area contributed by atoms with Gasteiger partial charge in [-0.25, -0.2) is 4.98 Å². The van der Waals surface area contributed by atoms with E-state index in [9.17, 15) is 5.11 Å². The smallest absolute Gasteiger partial charge is 0.107 e. The minimum atomic E-state index is -0.868. The molecule has 3 nitrogen and oxygen atoms in total. The quantitative estimate of drug-likeness (QED) is 0.726. The third-order valence-corrected chi connectivity index (χ3v) is 3.99. The lowest BCUT2D eigenvalue weighted by Crippen LogP contribution is -2.26. The number of aromatic nitrogens is 1. The third-order valence-electron chi connectivity index (χ3n) is 3.99. The first-order chi connectivity index (χ1) is 8.01. The summed E-state index contributed by atoms with van der Waals surface area (Å²) in [7, 11) is 0. The van der Waals surface area contributed by atoms with Crippen LogP contribution in [-0.4, -0.2) is 10.1 Å². The first-order valence-corrected chi connectivity index (χ1v) is 5.91. The second-order valence-electron chi connectivity index (χ2n) is 5.12. The van der Waals surface area contributed by atoms with E-state index in [0.29, 0.717) is 0 Å². The van der Waals surface area contributed by atoms with Crippen molar-refractivity contribution >= 4 is 16.6 Å². The Balaban J connectivity index is 2.39. The van der Waals surface area contributed by atoms with E-state index >= 15 is 0 Å². The van der Waals surface area contributed by atoms with Crippen molar-refractivity contribution in [2.75, 3.05) is 5.73 Å². The number of nitrogen functional groups attached to an aromatic ring is 1. The van der Waals surface area contributed by atoms with Crippen LogP contribution < -0.4 is 5.73 Å². The van der Waals surface area contributed by atoms with Crippen LogP contribution in [0.1, 0.15) is 25.1 Å². The van der Waals surface area contributed by atoms with Gasteiger partial charge in [0.15, 0.2) is 0 Å². The average molecular weight is 228 g/mol. The summed E-state index contributed by atoms with van der Waals surface area (Å²) in [5.74, 6) is 0.157. The molecule has 2 aromatic rings. The zero-order valence-corrected chi connectivity index (χ0v) is 10.1. The Morgan fingerprint density at radius 3 is 2.88 bits per heavy atom. The number of benzene rings is 1. The highest BCUT2D eigenvalue weighted by atomic mass is 16.3. The molecule has 3 N–H and O–H groups in total. The number of rotatable bonds is 0. The number of aliphatic hydroxyl groups is 1. The lowest BCUT2D eigenvalue weighted by atomic mass is 9.94. The minimum absolute atomic E-state index is 0.157. The molecule has 0 aliphatic heterocycles. The highest BCUT2D eigenvalue weighted by Gasteiger charge is 2.41. The molecule has 3 rings (SSSR count). The fourth-order valence-electron chi connectivity index (χ4n) is 2.64. The van der Waals surface area contributed by atoms with Crippen LogP contribution >= 0.6 is 0 Å². The van der Waals surface area contributed by atoms with E-state index in [4.69, 9.17) is 5.73 Å². The van der Waals surface area contributed by atoms with Crippen molar-refractivity contribution < 1.29 is 5.11 Å². The summed E-state index contributed by atoms with van der Waals surface area (Å²) in [5.41, 5.74) is 8.73. The van der Waals surface area contributed by atoms with Gasteiger partial charge in [0.1, 0.15) is 5.60 Å². The molecule has 2 atom stereocenters. The van der Waals surface area contributed by atoms with Crippen LogP contribution in [0.3, 0.4) is 0 Å². The number of pyridine rings is 1. The predicted molar refractivity (Wildman–Crippen MR) is 68.6 cm³/mol. The molecule has 17 heavy (non-hydrogen) atoms. The molecule has 3 heteroatoms. The normalized spacial score (nSPS) is 27.4. The Morgan fingerprint density at radius 2 is 2.12 bits per heavy atom. The van der Waals surface area contributed by atoms with Gasteiger partial charge in [-0.15, -0.1) is 0 Å². The van der Waals surface area contributed by atoms with Crippen molar-refractivity contribution in [3.05, 3.63) is 35.5 Å². The predicted octanol–water partition coefficient (Wildman–Crippen LogP) is 2.22. The molecule has 0 amide bonds. The highest BCUT2D eigenvalue weighted by Crippen LogP contribution is 2.43. The number of hydrogen-bond acceptors (Lipinski definition) is 3. The molecule has 0 unspecified atom stereocenters. The largest absolute Gasteiger partial charge is 0.398 e. The summed E-state index contributed by atoms with van der Waals surface area (Å²) >= 11 is 0. The maximum Gasteiger partial charge on any atom is 0.107 e. The second-order valence-corrected chi connectivity index (χ2v) is 5.12. The van der Waals surface area contributed by atoms with Gasteiger partial charge in [-0.05, 0) is 25.3 Å². The Bertz CT molecular complexity index is 604. The van der Waals surface area contributed by atoms with E-state index in [-0.39, 0.29) is 5.92 Å². The molecule has 88 valence electrons. The van der Waals surface area contributed by atoms with Gasteiger partial charge in [0, 0.05) is 16.6 Å². The van der Waals surface area contributed by atoms with E-state index in [2.05, 4.69) is 4.98 Å². The van der Waals surface area contributed by atoms with Crippen LogP contribution in [-0.2, 0) is 12.0 Å². The van der Waals surface area contributed by atoms with Gasteiger partial charge in [0.25, 0.3) is 0 Å². The number of nitrogens with zero attached hydrogens (tertiary/aromatic N) is 1. The van der Waals surface area contributed by atoms with Crippen molar-refractivity contribution in [2.45, 2.75) is 25.9 Å². The topological polar surface area (TPSA) is 59.1 Å². The van der Waals surface area contributed by atoms with Crippen molar-refractivity contribution in [3.8, 4) is 0 Å². The zero-order valence-electron chi connectivity index (χ0n) is 10.1. The number of para-hydroxylation sites is 1. The van der Waals surface area contributed by atoms with Gasteiger partial charge in [0.2, 0.25) is 0 Å². The van der Waals surface area contributed by atoms with Crippen molar-refractivity contribution in [3.63, 3.8) is 0 Å². The van der Waals surface area contributed by atoms with Crippen LogP contribution in [0, 0.1) is 5.92 Å².